The van der Waals surface area contributed by atoms with Gasteiger partial charge in [-0.15, -0.1) is 10.2 Å². The van der Waals surface area contributed by atoms with Crippen LogP contribution in [0.3, 0.4) is 0 Å². The Kier molecular flexibility index (Phi) is 1.61. The molecular weight excluding hydrogens is 170 g/mol. The maximum atomic E-state index is 10.9. The molecule has 1 N–H and O–H groups in total. The summed E-state index contributed by atoms with van der Waals surface area (Å²) in [6, 6.07) is 0. The molecule has 0 spiro atoms. The molecule has 0 aliphatic rings. The first-order valence-electron chi connectivity index (χ1n) is 3.99. The van der Waals surface area contributed by atoms with Gasteiger partial charge in [0.15, 0.2) is 11.5 Å². The number of aromatic nitrogens is 5. The monoisotopic (exact) mass is 179 g/mol. The number of nitrogens with zero attached hydrogens (tertiary/aromatic N) is 4. The van der Waals surface area contributed by atoms with Gasteiger partial charge in [-0.1, -0.05) is 13.8 Å². The average molecular weight is 179 g/mol. The minimum Gasteiger partial charge on any atom is -0.244 e. The molecule has 0 bridgehead atoms. The van der Waals surface area contributed by atoms with Crippen LogP contribution in [0.15, 0.2) is 11.0 Å². The van der Waals surface area contributed by atoms with Crippen LogP contribution in [-0.2, 0) is 0 Å². The van der Waals surface area contributed by atoms with Gasteiger partial charge >= 0.3 is 5.69 Å². The highest BCUT2D eigenvalue weighted by Gasteiger charge is 2.09. The molecule has 0 amide bonds. The maximum Gasteiger partial charge on any atom is 0.360 e. The van der Waals surface area contributed by atoms with Gasteiger partial charge in [0.1, 0.15) is 0 Å². The first-order chi connectivity index (χ1) is 6.18. The fourth-order valence-corrected chi connectivity index (χ4v) is 1.12. The quantitative estimate of drug-likeness (QED) is 0.665. The zero-order chi connectivity index (χ0) is 9.42. The predicted octanol–water partition coefficient (Wildman–Crippen LogP) is -0.0640. The van der Waals surface area contributed by atoms with E-state index in [-0.39, 0.29) is 5.92 Å². The topological polar surface area (TPSA) is 75.9 Å². The van der Waals surface area contributed by atoms with E-state index in [1.807, 2.05) is 13.8 Å². The molecule has 2 aromatic rings. The molecule has 0 fully saturated rings. The molecule has 13 heavy (non-hydrogen) atoms. The summed E-state index contributed by atoms with van der Waals surface area (Å²) in [5.74, 6) is 0.947. The van der Waals surface area contributed by atoms with Crippen molar-refractivity contribution >= 4 is 5.65 Å². The highest BCUT2D eigenvalue weighted by atomic mass is 16.1. The van der Waals surface area contributed by atoms with Crippen molar-refractivity contribution < 1.29 is 0 Å². The van der Waals surface area contributed by atoms with Gasteiger partial charge in [0.25, 0.3) is 0 Å². The van der Waals surface area contributed by atoms with Crippen molar-refractivity contribution in [3.8, 4) is 0 Å². The average Bonchev–Trinajstić information content (AvgIpc) is 2.46. The first kappa shape index (κ1) is 7.90. The third-order valence-corrected chi connectivity index (χ3v) is 1.73. The lowest BCUT2D eigenvalue weighted by atomic mass is 10.2. The van der Waals surface area contributed by atoms with E-state index in [0.29, 0.717) is 5.65 Å². The van der Waals surface area contributed by atoms with Gasteiger partial charge in [-0.2, -0.15) is 4.98 Å². The Morgan fingerprint density at radius 2 is 2.23 bits per heavy atom. The Morgan fingerprint density at radius 1 is 1.46 bits per heavy atom. The number of hydrogen-bond acceptors (Lipinski definition) is 4. The summed E-state index contributed by atoms with van der Waals surface area (Å²) in [6.45, 7) is 3.96. The Hall–Kier alpha value is -1.72. The SMILES string of the molecule is CC(C)c1nnc2cnc(=O)[nH]n12. The van der Waals surface area contributed by atoms with Crippen LogP contribution < -0.4 is 5.69 Å². The zero-order valence-electron chi connectivity index (χ0n) is 7.35. The molecule has 2 heterocycles. The van der Waals surface area contributed by atoms with E-state index in [1.165, 1.54) is 6.20 Å². The standard InChI is InChI=1S/C7H9N5O/c1-4(2)6-10-9-5-3-8-7(13)11-12(5)6/h3-4H,1-2H3,(H,11,13). The van der Waals surface area contributed by atoms with Gasteiger partial charge in [-0.3, -0.25) is 0 Å². The Morgan fingerprint density at radius 3 is 2.92 bits per heavy atom. The van der Waals surface area contributed by atoms with Crippen LogP contribution in [-0.4, -0.2) is 24.8 Å². The number of fused-ring (bicyclic) bond motifs is 1. The molecule has 0 atom stereocenters. The van der Waals surface area contributed by atoms with Crippen LogP contribution in [0, 0.1) is 0 Å². The molecule has 6 heteroatoms. The van der Waals surface area contributed by atoms with Gasteiger partial charge < -0.3 is 0 Å². The van der Waals surface area contributed by atoms with Crippen LogP contribution in [0.2, 0.25) is 0 Å². The summed E-state index contributed by atoms with van der Waals surface area (Å²) in [7, 11) is 0. The van der Waals surface area contributed by atoms with Gasteiger partial charge in [0.2, 0.25) is 0 Å². The molecule has 2 aromatic heterocycles. The summed E-state index contributed by atoms with van der Waals surface area (Å²) in [4.78, 5) is 14.5. The second-order valence-electron chi connectivity index (χ2n) is 3.08. The first-order valence-corrected chi connectivity index (χ1v) is 3.99. The third-order valence-electron chi connectivity index (χ3n) is 1.73. The predicted molar refractivity (Wildman–Crippen MR) is 45.5 cm³/mol. The summed E-state index contributed by atoms with van der Waals surface area (Å²) >= 11 is 0. The maximum absolute atomic E-state index is 10.9. The van der Waals surface area contributed by atoms with Crippen molar-refractivity contribution in [2.75, 3.05) is 0 Å². The number of aromatic amines is 1. The van der Waals surface area contributed by atoms with E-state index in [9.17, 15) is 4.79 Å². The number of H-pyrrole nitrogens is 1. The van der Waals surface area contributed by atoms with E-state index >= 15 is 0 Å². The highest BCUT2D eigenvalue weighted by molar-refractivity contribution is 5.31. The largest absolute Gasteiger partial charge is 0.360 e. The molecule has 6 nitrogen and oxygen atoms in total. The Labute approximate surface area is 73.6 Å². The lowest BCUT2D eigenvalue weighted by Crippen LogP contribution is -2.15. The lowest BCUT2D eigenvalue weighted by Gasteiger charge is -2.00. The summed E-state index contributed by atoms with van der Waals surface area (Å²) in [5.41, 5.74) is 0.164. The molecule has 68 valence electrons. The minimum atomic E-state index is -0.394. The van der Waals surface area contributed by atoms with Crippen molar-refractivity contribution in [1.82, 2.24) is 24.8 Å². The molecule has 0 unspecified atom stereocenters. The van der Waals surface area contributed by atoms with Crippen molar-refractivity contribution in [2.45, 2.75) is 19.8 Å². The van der Waals surface area contributed by atoms with Gasteiger partial charge in [-0.05, 0) is 0 Å². The van der Waals surface area contributed by atoms with Crippen molar-refractivity contribution in [3.63, 3.8) is 0 Å². The van der Waals surface area contributed by atoms with Crippen LogP contribution in [0.25, 0.3) is 5.65 Å². The van der Waals surface area contributed by atoms with Crippen LogP contribution in [0.4, 0.5) is 0 Å². The third kappa shape index (κ3) is 1.20. The minimum absolute atomic E-state index is 0.216. The zero-order valence-corrected chi connectivity index (χ0v) is 7.35. The normalized spacial score (nSPS) is 11.3. The van der Waals surface area contributed by atoms with Crippen molar-refractivity contribution in [2.24, 2.45) is 0 Å². The summed E-state index contributed by atoms with van der Waals surface area (Å²) in [5, 5.41) is 10.3. The smallest absolute Gasteiger partial charge is 0.244 e. The molecule has 0 saturated carbocycles. The van der Waals surface area contributed by atoms with Crippen molar-refractivity contribution in [3.05, 3.63) is 22.5 Å². The van der Waals surface area contributed by atoms with Crippen LogP contribution in [0.1, 0.15) is 25.6 Å². The molecule has 2 rings (SSSR count). The second-order valence-corrected chi connectivity index (χ2v) is 3.08. The second kappa shape index (κ2) is 2.65. The molecule has 0 aliphatic carbocycles. The lowest BCUT2D eigenvalue weighted by molar-refractivity contribution is 0.706. The molecular formula is C7H9N5O. The molecule has 0 saturated heterocycles. The number of rotatable bonds is 1. The highest BCUT2D eigenvalue weighted by Crippen LogP contribution is 2.09. The van der Waals surface area contributed by atoms with E-state index in [2.05, 4.69) is 20.3 Å². The van der Waals surface area contributed by atoms with Crippen molar-refractivity contribution in [1.29, 1.82) is 0 Å². The fourth-order valence-electron chi connectivity index (χ4n) is 1.12. The number of nitrogens with one attached hydrogen (secondary N) is 1. The van der Waals surface area contributed by atoms with Gasteiger partial charge in [0.05, 0.1) is 6.20 Å². The van der Waals surface area contributed by atoms with E-state index in [1.54, 1.807) is 4.52 Å². The Balaban J connectivity index is 2.79. The fraction of sp³-hybridized carbons (Fsp3) is 0.429. The van der Waals surface area contributed by atoms with Gasteiger partial charge in [0, 0.05) is 5.92 Å². The number of hydrogen-bond donors (Lipinski definition) is 1. The molecule has 0 aromatic carbocycles. The van der Waals surface area contributed by atoms with Gasteiger partial charge in [-0.25, -0.2) is 14.4 Å². The summed E-state index contributed by atoms with van der Waals surface area (Å²) in [6.07, 6.45) is 1.40. The van der Waals surface area contributed by atoms with E-state index < -0.39 is 5.69 Å². The van der Waals surface area contributed by atoms with E-state index in [0.717, 1.165) is 5.82 Å². The summed E-state index contributed by atoms with van der Waals surface area (Å²) < 4.78 is 1.56. The molecule has 0 radical (unpaired) electrons. The van der Waals surface area contributed by atoms with Crippen LogP contribution in [0.5, 0.6) is 0 Å². The van der Waals surface area contributed by atoms with E-state index in [4.69, 9.17) is 0 Å². The molecule has 0 aliphatic heterocycles. The Bertz CT molecular complexity index is 483. The van der Waals surface area contributed by atoms with Crippen LogP contribution >= 0.6 is 0 Å².